The number of fused-ring (bicyclic) bond motifs is 2. The fourth-order valence-electron chi connectivity index (χ4n) is 4.99. The third kappa shape index (κ3) is 3.43. The van der Waals surface area contributed by atoms with E-state index in [1.54, 1.807) is 5.57 Å². The van der Waals surface area contributed by atoms with Crippen molar-refractivity contribution in [2.24, 2.45) is 0 Å². The molecule has 5 rings (SSSR count). The molecule has 0 N–H and O–H groups in total. The van der Waals surface area contributed by atoms with Gasteiger partial charge >= 0.3 is 0 Å². The molecule has 0 saturated carbocycles. The second kappa shape index (κ2) is 7.77. The SMILES string of the molecule is C1=C(c2ccccc2-c2ccccc2)CC2CCCC1N2Cc1ccccc1. The number of nitrogens with zero attached hydrogens (tertiary/aromatic N) is 1. The molecule has 0 aromatic heterocycles. The van der Waals surface area contributed by atoms with Crippen LogP contribution >= 0.6 is 0 Å². The van der Waals surface area contributed by atoms with Crippen molar-refractivity contribution >= 4 is 5.57 Å². The first-order valence-electron chi connectivity index (χ1n) is 10.5. The summed E-state index contributed by atoms with van der Waals surface area (Å²) >= 11 is 0. The second-order valence-corrected chi connectivity index (χ2v) is 8.12. The van der Waals surface area contributed by atoms with Gasteiger partial charge in [0.15, 0.2) is 0 Å². The quantitative estimate of drug-likeness (QED) is 0.506. The van der Waals surface area contributed by atoms with Gasteiger partial charge < -0.3 is 0 Å². The lowest BCUT2D eigenvalue weighted by Gasteiger charge is -2.45. The van der Waals surface area contributed by atoms with E-state index in [1.165, 1.54) is 41.5 Å². The van der Waals surface area contributed by atoms with Gasteiger partial charge in [-0.2, -0.15) is 0 Å². The van der Waals surface area contributed by atoms with E-state index >= 15 is 0 Å². The number of hydrogen-bond donors (Lipinski definition) is 0. The predicted molar refractivity (Wildman–Crippen MR) is 118 cm³/mol. The van der Waals surface area contributed by atoms with Crippen LogP contribution in [-0.4, -0.2) is 17.0 Å². The lowest BCUT2D eigenvalue weighted by molar-refractivity contribution is 0.0951. The molecular weight excluding hydrogens is 338 g/mol. The van der Waals surface area contributed by atoms with E-state index in [9.17, 15) is 0 Å². The molecule has 1 nitrogen and oxygen atoms in total. The summed E-state index contributed by atoms with van der Waals surface area (Å²) in [4.78, 5) is 2.74. The number of benzene rings is 3. The summed E-state index contributed by atoms with van der Waals surface area (Å²) < 4.78 is 0. The highest BCUT2D eigenvalue weighted by molar-refractivity contribution is 5.82. The molecule has 0 amide bonds. The molecule has 1 heteroatoms. The van der Waals surface area contributed by atoms with Crippen molar-refractivity contribution in [3.8, 4) is 11.1 Å². The van der Waals surface area contributed by atoms with Crippen molar-refractivity contribution < 1.29 is 0 Å². The van der Waals surface area contributed by atoms with Gasteiger partial charge in [0.05, 0.1) is 0 Å². The van der Waals surface area contributed by atoms with E-state index in [-0.39, 0.29) is 0 Å². The van der Waals surface area contributed by atoms with Crippen molar-refractivity contribution in [1.82, 2.24) is 4.90 Å². The first-order valence-corrected chi connectivity index (χ1v) is 10.5. The average Bonchev–Trinajstić information content (AvgIpc) is 2.75. The molecule has 3 aromatic rings. The van der Waals surface area contributed by atoms with Gasteiger partial charge in [-0.05, 0) is 47.1 Å². The van der Waals surface area contributed by atoms with Crippen LogP contribution in [-0.2, 0) is 6.54 Å². The first-order chi connectivity index (χ1) is 13.9. The molecule has 2 unspecified atom stereocenters. The Kier molecular flexibility index (Phi) is 4.85. The van der Waals surface area contributed by atoms with E-state index in [0.29, 0.717) is 12.1 Å². The Bertz CT molecular complexity index is 958. The van der Waals surface area contributed by atoms with Crippen molar-refractivity contribution in [3.05, 3.63) is 102 Å². The maximum Gasteiger partial charge on any atom is 0.0290 e. The van der Waals surface area contributed by atoms with Crippen LogP contribution in [0, 0.1) is 0 Å². The van der Waals surface area contributed by atoms with Gasteiger partial charge in [0.1, 0.15) is 0 Å². The lowest BCUT2D eigenvalue weighted by Crippen LogP contribution is -2.47. The van der Waals surface area contributed by atoms with Gasteiger partial charge in [0.25, 0.3) is 0 Å². The molecule has 2 aliphatic heterocycles. The van der Waals surface area contributed by atoms with Crippen LogP contribution in [0.4, 0.5) is 0 Å². The molecule has 140 valence electrons. The maximum atomic E-state index is 2.74. The minimum Gasteiger partial charge on any atom is -0.289 e. The topological polar surface area (TPSA) is 3.24 Å². The van der Waals surface area contributed by atoms with Crippen molar-refractivity contribution in [2.45, 2.75) is 44.3 Å². The first kappa shape index (κ1) is 17.5. The minimum absolute atomic E-state index is 0.562. The fourth-order valence-corrected chi connectivity index (χ4v) is 4.99. The largest absolute Gasteiger partial charge is 0.289 e. The Labute approximate surface area is 168 Å². The van der Waals surface area contributed by atoms with Crippen LogP contribution in [0.15, 0.2) is 91.0 Å². The summed E-state index contributed by atoms with van der Waals surface area (Å²) in [7, 11) is 0. The minimum atomic E-state index is 0.562. The summed E-state index contributed by atoms with van der Waals surface area (Å²) in [6.07, 6.45) is 7.67. The van der Waals surface area contributed by atoms with Gasteiger partial charge in [-0.3, -0.25) is 4.90 Å². The molecular formula is C27H27N. The Hall–Kier alpha value is -2.64. The maximum absolute atomic E-state index is 2.74. The highest BCUT2D eigenvalue weighted by Gasteiger charge is 2.34. The van der Waals surface area contributed by atoms with Gasteiger partial charge in [-0.1, -0.05) is 97.4 Å². The molecule has 0 aliphatic carbocycles. The number of rotatable bonds is 4. The van der Waals surface area contributed by atoms with E-state index < -0.39 is 0 Å². The Morgan fingerprint density at radius 3 is 2.14 bits per heavy atom. The molecule has 0 radical (unpaired) electrons. The third-order valence-electron chi connectivity index (χ3n) is 6.35. The monoisotopic (exact) mass is 365 g/mol. The number of hydrogen-bond acceptors (Lipinski definition) is 1. The fraction of sp³-hybridized carbons (Fsp3) is 0.259. The van der Waals surface area contributed by atoms with Crippen LogP contribution in [0.25, 0.3) is 16.7 Å². The van der Waals surface area contributed by atoms with Gasteiger partial charge in [0.2, 0.25) is 0 Å². The molecule has 28 heavy (non-hydrogen) atoms. The van der Waals surface area contributed by atoms with Crippen LogP contribution in [0.5, 0.6) is 0 Å². The Morgan fingerprint density at radius 1 is 0.714 bits per heavy atom. The van der Waals surface area contributed by atoms with E-state index in [2.05, 4.69) is 95.9 Å². The molecule has 0 spiro atoms. The van der Waals surface area contributed by atoms with Gasteiger partial charge in [-0.15, -0.1) is 0 Å². The normalized spacial score (nSPS) is 21.9. The summed E-state index contributed by atoms with van der Waals surface area (Å²) in [6, 6.07) is 31.9. The molecule has 2 atom stereocenters. The van der Waals surface area contributed by atoms with Gasteiger partial charge in [0, 0.05) is 18.6 Å². The molecule has 3 aromatic carbocycles. The highest BCUT2D eigenvalue weighted by atomic mass is 15.2. The second-order valence-electron chi connectivity index (χ2n) is 8.12. The van der Waals surface area contributed by atoms with Gasteiger partial charge in [-0.25, -0.2) is 0 Å². The molecule has 2 bridgehead atoms. The highest BCUT2D eigenvalue weighted by Crippen LogP contribution is 2.40. The average molecular weight is 366 g/mol. The van der Waals surface area contributed by atoms with E-state index in [0.717, 1.165) is 13.0 Å². The van der Waals surface area contributed by atoms with E-state index in [1.807, 2.05) is 0 Å². The summed E-state index contributed by atoms with van der Waals surface area (Å²) in [5.74, 6) is 0. The zero-order valence-electron chi connectivity index (χ0n) is 16.3. The van der Waals surface area contributed by atoms with Crippen LogP contribution < -0.4 is 0 Å². The predicted octanol–water partition coefficient (Wildman–Crippen LogP) is 6.56. The smallest absolute Gasteiger partial charge is 0.0290 e. The van der Waals surface area contributed by atoms with Crippen molar-refractivity contribution in [3.63, 3.8) is 0 Å². The van der Waals surface area contributed by atoms with E-state index in [4.69, 9.17) is 0 Å². The lowest BCUT2D eigenvalue weighted by atomic mass is 9.81. The third-order valence-corrected chi connectivity index (χ3v) is 6.35. The molecule has 1 fully saturated rings. The summed E-state index contributed by atoms with van der Waals surface area (Å²) in [6.45, 7) is 1.07. The summed E-state index contributed by atoms with van der Waals surface area (Å²) in [5.41, 5.74) is 7.07. The van der Waals surface area contributed by atoms with Crippen molar-refractivity contribution in [1.29, 1.82) is 0 Å². The molecule has 1 saturated heterocycles. The summed E-state index contributed by atoms with van der Waals surface area (Å²) in [5, 5.41) is 0. The standard InChI is InChI=1S/C27H27N/c1-3-10-21(11-4-1)20-28-24-14-9-15-25(28)19-23(18-24)27-17-8-7-16-26(27)22-12-5-2-6-13-22/h1-8,10-13,16-18,24-25H,9,14-15,19-20H2. The van der Waals surface area contributed by atoms with Crippen LogP contribution in [0.2, 0.25) is 0 Å². The van der Waals surface area contributed by atoms with Crippen LogP contribution in [0.1, 0.15) is 36.8 Å². The molecule has 2 heterocycles. The van der Waals surface area contributed by atoms with Crippen LogP contribution in [0.3, 0.4) is 0 Å². The zero-order valence-corrected chi connectivity index (χ0v) is 16.3. The number of piperidine rings is 1. The Morgan fingerprint density at radius 2 is 1.39 bits per heavy atom. The Balaban J connectivity index is 1.48. The van der Waals surface area contributed by atoms with Crippen molar-refractivity contribution in [2.75, 3.05) is 0 Å². The molecule has 2 aliphatic rings. The zero-order chi connectivity index (χ0) is 18.8.